The van der Waals surface area contributed by atoms with E-state index in [0.717, 1.165) is 24.4 Å². The topological polar surface area (TPSA) is 55.9 Å². The van der Waals surface area contributed by atoms with Gasteiger partial charge in [0.25, 0.3) is 0 Å². The fraction of sp³-hybridized carbons (Fsp3) is 0.455. The Kier molecular flexibility index (Phi) is 3.36. The second-order valence-electron chi connectivity index (χ2n) is 3.59. The van der Waals surface area contributed by atoms with Gasteiger partial charge in [-0.25, -0.2) is 4.98 Å². The molecule has 1 unspecified atom stereocenters. The SMILES string of the molecule is CCn1ncnc1CC(NC)c1ccoc1. The molecule has 0 aliphatic heterocycles. The molecule has 16 heavy (non-hydrogen) atoms. The van der Waals surface area contributed by atoms with Crippen LogP contribution < -0.4 is 5.32 Å². The molecule has 0 saturated heterocycles. The van der Waals surface area contributed by atoms with Crippen LogP contribution in [0.25, 0.3) is 0 Å². The predicted octanol–water partition coefficient (Wildman–Crippen LogP) is 1.39. The first kappa shape index (κ1) is 10.9. The summed E-state index contributed by atoms with van der Waals surface area (Å²) in [6, 6.07) is 2.18. The van der Waals surface area contributed by atoms with Gasteiger partial charge in [0.2, 0.25) is 0 Å². The summed E-state index contributed by atoms with van der Waals surface area (Å²) in [5, 5.41) is 7.41. The third kappa shape index (κ3) is 2.14. The molecule has 0 bridgehead atoms. The second kappa shape index (κ2) is 4.94. The zero-order valence-electron chi connectivity index (χ0n) is 9.55. The number of rotatable bonds is 5. The molecule has 86 valence electrons. The third-order valence-corrected chi connectivity index (χ3v) is 2.68. The van der Waals surface area contributed by atoms with E-state index >= 15 is 0 Å². The van der Waals surface area contributed by atoms with E-state index in [9.17, 15) is 0 Å². The molecule has 0 radical (unpaired) electrons. The van der Waals surface area contributed by atoms with E-state index < -0.39 is 0 Å². The molecule has 0 aliphatic rings. The maximum Gasteiger partial charge on any atom is 0.138 e. The van der Waals surface area contributed by atoms with Crippen LogP contribution in [-0.4, -0.2) is 21.8 Å². The lowest BCUT2D eigenvalue weighted by Crippen LogP contribution is -2.20. The number of aryl methyl sites for hydroxylation is 1. The molecule has 1 atom stereocenters. The monoisotopic (exact) mass is 220 g/mol. The Morgan fingerprint density at radius 3 is 3.06 bits per heavy atom. The minimum atomic E-state index is 0.216. The molecule has 0 aromatic carbocycles. The Hall–Kier alpha value is -1.62. The average molecular weight is 220 g/mol. The number of nitrogens with one attached hydrogen (secondary N) is 1. The summed E-state index contributed by atoms with van der Waals surface area (Å²) < 4.78 is 7.00. The fourth-order valence-electron chi connectivity index (χ4n) is 1.75. The highest BCUT2D eigenvalue weighted by atomic mass is 16.3. The molecule has 0 saturated carbocycles. The van der Waals surface area contributed by atoms with E-state index in [-0.39, 0.29) is 6.04 Å². The largest absolute Gasteiger partial charge is 0.472 e. The highest BCUT2D eigenvalue weighted by molar-refractivity contribution is 5.13. The van der Waals surface area contributed by atoms with E-state index in [1.54, 1.807) is 18.9 Å². The van der Waals surface area contributed by atoms with Gasteiger partial charge in [-0.2, -0.15) is 5.10 Å². The Morgan fingerprint density at radius 1 is 1.56 bits per heavy atom. The number of furan rings is 1. The lowest BCUT2D eigenvalue weighted by molar-refractivity contribution is 0.518. The minimum Gasteiger partial charge on any atom is -0.472 e. The van der Waals surface area contributed by atoms with Gasteiger partial charge in [-0.1, -0.05) is 0 Å². The van der Waals surface area contributed by atoms with Crippen molar-refractivity contribution in [3.05, 3.63) is 36.3 Å². The number of aromatic nitrogens is 3. The molecule has 5 heteroatoms. The molecular weight excluding hydrogens is 204 g/mol. The summed E-state index contributed by atoms with van der Waals surface area (Å²) in [4.78, 5) is 4.27. The van der Waals surface area contributed by atoms with E-state index in [0.29, 0.717) is 0 Å². The van der Waals surface area contributed by atoms with Crippen LogP contribution in [0.1, 0.15) is 24.4 Å². The predicted molar refractivity (Wildman–Crippen MR) is 59.9 cm³/mol. The maximum atomic E-state index is 5.09. The first-order valence-corrected chi connectivity index (χ1v) is 5.41. The molecule has 2 aromatic rings. The van der Waals surface area contributed by atoms with Crippen molar-refractivity contribution in [2.45, 2.75) is 25.9 Å². The highest BCUT2D eigenvalue weighted by Gasteiger charge is 2.14. The smallest absolute Gasteiger partial charge is 0.138 e. The normalized spacial score (nSPS) is 12.9. The van der Waals surface area contributed by atoms with Crippen LogP contribution >= 0.6 is 0 Å². The summed E-state index contributed by atoms with van der Waals surface area (Å²) >= 11 is 0. The molecule has 0 aliphatic carbocycles. The highest BCUT2D eigenvalue weighted by Crippen LogP contribution is 2.17. The quantitative estimate of drug-likeness (QED) is 0.827. The van der Waals surface area contributed by atoms with Crippen molar-refractivity contribution in [1.29, 1.82) is 0 Å². The zero-order valence-corrected chi connectivity index (χ0v) is 9.55. The molecule has 2 aromatic heterocycles. The van der Waals surface area contributed by atoms with Crippen LogP contribution in [-0.2, 0) is 13.0 Å². The lowest BCUT2D eigenvalue weighted by atomic mass is 10.1. The van der Waals surface area contributed by atoms with Crippen molar-refractivity contribution in [2.24, 2.45) is 0 Å². The Morgan fingerprint density at radius 2 is 2.44 bits per heavy atom. The number of nitrogens with zero attached hydrogens (tertiary/aromatic N) is 3. The van der Waals surface area contributed by atoms with Crippen LogP contribution in [0.15, 0.2) is 29.3 Å². The van der Waals surface area contributed by atoms with E-state index in [1.807, 2.05) is 17.8 Å². The van der Waals surface area contributed by atoms with E-state index in [4.69, 9.17) is 4.42 Å². The van der Waals surface area contributed by atoms with Crippen LogP contribution in [0.5, 0.6) is 0 Å². The molecular formula is C11H16N4O. The minimum absolute atomic E-state index is 0.216. The van der Waals surface area contributed by atoms with Crippen LogP contribution in [0.4, 0.5) is 0 Å². The second-order valence-corrected chi connectivity index (χ2v) is 3.59. The van der Waals surface area contributed by atoms with E-state index in [2.05, 4.69) is 22.3 Å². The number of hydrogen-bond acceptors (Lipinski definition) is 4. The van der Waals surface area contributed by atoms with Crippen LogP contribution in [0.3, 0.4) is 0 Å². The van der Waals surface area contributed by atoms with Crippen LogP contribution in [0, 0.1) is 0 Å². The molecule has 0 amide bonds. The Balaban J connectivity index is 2.13. The first-order valence-electron chi connectivity index (χ1n) is 5.41. The van der Waals surface area contributed by atoms with Gasteiger partial charge in [-0.05, 0) is 20.0 Å². The van der Waals surface area contributed by atoms with Crippen LogP contribution in [0.2, 0.25) is 0 Å². The van der Waals surface area contributed by atoms with Crippen molar-refractivity contribution < 1.29 is 4.42 Å². The van der Waals surface area contributed by atoms with Crippen molar-refractivity contribution in [3.8, 4) is 0 Å². The maximum absolute atomic E-state index is 5.09. The fourth-order valence-corrected chi connectivity index (χ4v) is 1.75. The number of hydrogen-bond donors (Lipinski definition) is 1. The molecule has 1 N–H and O–H groups in total. The van der Waals surface area contributed by atoms with Gasteiger partial charge in [0.15, 0.2) is 0 Å². The zero-order chi connectivity index (χ0) is 11.4. The van der Waals surface area contributed by atoms with Gasteiger partial charge >= 0.3 is 0 Å². The van der Waals surface area contributed by atoms with Crippen molar-refractivity contribution >= 4 is 0 Å². The van der Waals surface area contributed by atoms with Crippen molar-refractivity contribution in [1.82, 2.24) is 20.1 Å². The molecule has 5 nitrogen and oxygen atoms in total. The van der Waals surface area contributed by atoms with Gasteiger partial charge < -0.3 is 9.73 Å². The summed E-state index contributed by atoms with van der Waals surface area (Å²) in [7, 11) is 1.93. The van der Waals surface area contributed by atoms with Gasteiger partial charge in [0.1, 0.15) is 12.2 Å². The first-order chi connectivity index (χ1) is 7.85. The van der Waals surface area contributed by atoms with Gasteiger partial charge in [0.05, 0.1) is 12.5 Å². The molecule has 0 fully saturated rings. The Bertz CT molecular complexity index is 421. The molecule has 2 heterocycles. The van der Waals surface area contributed by atoms with E-state index in [1.165, 1.54) is 0 Å². The average Bonchev–Trinajstić information content (AvgIpc) is 2.96. The summed E-state index contributed by atoms with van der Waals surface area (Å²) in [6.07, 6.45) is 5.85. The van der Waals surface area contributed by atoms with Crippen molar-refractivity contribution in [3.63, 3.8) is 0 Å². The Labute approximate surface area is 94.5 Å². The lowest BCUT2D eigenvalue weighted by Gasteiger charge is -2.13. The summed E-state index contributed by atoms with van der Waals surface area (Å²) in [5.41, 5.74) is 1.13. The van der Waals surface area contributed by atoms with Crippen molar-refractivity contribution in [2.75, 3.05) is 7.05 Å². The standard InChI is InChI=1S/C11H16N4O/c1-3-15-11(13-8-14-15)6-10(12-2)9-4-5-16-7-9/h4-5,7-8,10,12H,3,6H2,1-2H3. The molecule has 0 spiro atoms. The summed E-state index contributed by atoms with van der Waals surface area (Å²) in [5.74, 6) is 0.989. The van der Waals surface area contributed by atoms with Gasteiger partial charge in [-0.15, -0.1) is 0 Å². The van der Waals surface area contributed by atoms with Gasteiger partial charge in [-0.3, -0.25) is 4.68 Å². The van der Waals surface area contributed by atoms with Gasteiger partial charge in [0, 0.05) is 24.6 Å². The number of likely N-dealkylation sites (N-methyl/N-ethyl adjacent to an activating group) is 1. The summed E-state index contributed by atoms with van der Waals surface area (Å²) in [6.45, 7) is 2.90. The third-order valence-electron chi connectivity index (χ3n) is 2.68. The molecule has 2 rings (SSSR count).